The van der Waals surface area contributed by atoms with Crippen molar-refractivity contribution < 1.29 is 23.8 Å². The summed E-state index contributed by atoms with van der Waals surface area (Å²) >= 11 is 1.74. The van der Waals surface area contributed by atoms with Crippen molar-refractivity contribution in [3.63, 3.8) is 0 Å². The van der Waals surface area contributed by atoms with Gasteiger partial charge in [0.1, 0.15) is 12.2 Å². The van der Waals surface area contributed by atoms with E-state index in [1.165, 1.54) is 23.8 Å². The molecule has 1 aliphatic heterocycles. The van der Waals surface area contributed by atoms with Gasteiger partial charge in [0.05, 0.1) is 13.2 Å². The van der Waals surface area contributed by atoms with Gasteiger partial charge >= 0.3 is 5.97 Å². The van der Waals surface area contributed by atoms with Crippen molar-refractivity contribution >= 4 is 23.5 Å². The van der Waals surface area contributed by atoms with Crippen LogP contribution in [0.15, 0.2) is 29.2 Å². The summed E-state index contributed by atoms with van der Waals surface area (Å²) in [4.78, 5) is 23.3. The predicted molar refractivity (Wildman–Crippen MR) is 101 cm³/mol. The first kappa shape index (κ1) is 20.9. The summed E-state index contributed by atoms with van der Waals surface area (Å²) in [5.41, 5.74) is 1.25. The van der Waals surface area contributed by atoms with E-state index < -0.39 is 5.97 Å². The van der Waals surface area contributed by atoms with Crippen LogP contribution in [0, 0.1) is 0 Å². The van der Waals surface area contributed by atoms with Crippen molar-refractivity contribution in [3.05, 3.63) is 29.8 Å². The lowest BCUT2D eigenvalue weighted by atomic mass is 10.1. The van der Waals surface area contributed by atoms with Crippen LogP contribution < -0.4 is 0 Å². The molecule has 1 aliphatic rings. The van der Waals surface area contributed by atoms with E-state index >= 15 is 0 Å². The third-order valence-electron chi connectivity index (χ3n) is 3.94. The summed E-state index contributed by atoms with van der Waals surface area (Å²) in [6.07, 6.45) is 4.77. The molecule has 2 rings (SSSR count). The monoisotopic (exact) mass is 380 g/mol. The summed E-state index contributed by atoms with van der Waals surface area (Å²) in [5, 5.41) is 0. The lowest BCUT2D eigenvalue weighted by Gasteiger charge is -2.22. The molecular formula is C20H28O5S. The highest BCUT2D eigenvalue weighted by Gasteiger charge is 2.13. The van der Waals surface area contributed by atoms with E-state index in [4.69, 9.17) is 14.2 Å². The fraction of sp³-hybridized carbons (Fsp3) is 0.600. The molecule has 1 unspecified atom stereocenters. The Morgan fingerprint density at radius 2 is 2.15 bits per heavy atom. The van der Waals surface area contributed by atoms with Gasteiger partial charge in [0.15, 0.2) is 6.29 Å². The second kappa shape index (κ2) is 12.1. The summed E-state index contributed by atoms with van der Waals surface area (Å²) in [7, 11) is 0. The molecule has 1 fully saturated rings. The molecule has 1 saturated heterocycles. The van der Waals surface area contributed by atoms with Crippen molar-refractivity contribution in [1.29, 1.82) is 0 Å². The number of carbonyl (C=O) groups is 2. The molecule has 0 amide bonds. The molecule has 1 aromatic carbocycles. The topological polar surface area (TPSA) is 61.8 Å². The molecule has 6 heteroatoms. The van der Waals surface area contributed by atoms with Gasteiger partial charge in [-0.1, -0.05) is 12.1 Å². The number of ketones is 1. The molecule has 0 aliphatic carbocycles. The number of thioether (sulfide) groups is 1. The summed E-state index contributed by atoms with van der Waals surface area (Å²) in [5.74, 6) is 0.259. The van der Waals surface area contributed by atoms with Crippen LogP contribution in [0.25, 0.3) is 0 Å². The maximum absolute atomic E-state index is 11.3. The Hall–Kier alpha value is -1.37. The maximum Gasteiger partial charge on any atom is 0.313 e. The predicted octanol–water partition coefficient (Wildman–Crippen LogP) is 3.78. The minimum absolute atomic E-state index is 0.0352. The molecule has 1 atom stereocenters. The van der Waals surface area contributed by atoms with Crippen LogP contribution in [0.2, 0.25) is 0 Å². The number of hydrogen-bond donors (Lipinski definition) is 0. The van der Waals surface area contributed by atoms with Crippen LogP contribution in [-0.4, -0.2) is 43.6 Å². The summed E-state index contributed by atoms with van der Waals surface area (Å²) in [6.45, 7) is 3.22. The Morgan fingerprint density at radius 3 is 2.92 bits per heavy atom. The first-order valence-corrected chi connectivity index (χ1v) is 10.2. The zero-order valence-electron chi connectivity index (χ0n) is 15.4. The van der Waals surface area contributed by atoms with Crippen molar-refractivity contribution in [3.8, 4) is 0 Å². The van der Waals surface area contributed by atoms with Crippen molar-refractivity contribution in [2.24, 2.45) is 0 Å². The molecule has 0 radical (unpaired) electrons. The molecule has 5 nitrogen and oxygen atoms in total. The Kier molecular flexibility index (Phi) is 9.74. The van der Waals surface area contributed by atoms with Crippen LogP contribution in [-0.2, 0) is 30.2 Å². The molecule has 0 bridgehead atoms. The second-order valence-corrected chi connectivity index (χ2v) is 7.53. The van der Waals surface area contributed by atoms with Crippen molar-refractivity contribution in [2.45, 2.75) is 56.6 Å². The van der Waals surface area contributed by atoms with Crippen LogP contribution in [0.1, 0.15) is 44.6 Å². The molecule has 0 aromatic heterocycles. The largest absolute Gasteiger partial charge is 0.465 e. The zero-order valence-corrected chi connectivity index (χ0v) is 16.2. The van der Waals surface area contributed by atoms with Gasteiger partial charge in [-0.05, 0) is 56.7 Å². The van der Waals surface area contributed by atoms with Crippen LogP contribution in [0.5, 0.6) is 0 Å². The van der Waals surface area contributed by atoms with Gasteiger partial charge in [0.25, 0.3) is 0 Å². The van der Waals surface area contributed by atoms with Crippen molar-refractivity contribution in [2.75, 3.05) is 25.6 Å². The number of Topliss-reactive ketones (excluding diaryl/α,β-unsaturated/α-hetero) is 1. The average Bonchev–Trinajstić information content (AvgIpc) is 2.62. The van der Waals surface area contributed by atoms with Gasteiger partial charge in [0, 0.05) is 17.3 Å². The molecule has 0 saturated carbocycles. The molecule has 26 heavy (non-hydrogen) atoms. The number of benzene rings is 1. The van der Waals surface area contributed by atoms with E-state index in [2.05, 4.69) is 24.3 Å². The van der Waals surface area contributed by atoms with Gasteiger partial charge < -0.3 is 14.2 Å². The van der Waals surface area contributed by atoms with Gasteiger partial charge in [-0.15, -0.1) is 11.8 Å². The molecule has 0 N–H and O–H groups in total. The SMILES string of the molecule is CC(=O)CC(=O)OCCCSc1cccc(CCOC2CCCCO2)c1. The molecule has 0 spiro atoms. The smallest absolute Gasteiger partial charge is 0.313 e. The van der Waals surface area contributed by atoms with Gasteiger partial charge in [-0.25, -0.2) is 0 Å². The standard InChI is InChI=1S/C20H28O5S/c1-16(21)14-19(22)23-11-5-13-26-18-7-4-6-17(15-18)9-12-25-20-8-2-3-10-24-20/h4,6-7,15,20H,2-3,5,8-14H2,1H3. The van der Waals surface area contributed by atoms with Gasteiger partial charge in [0.2, 0.25) is 0 Å². The zero-order chi connectivity index (χ0) is 18.6. The number of rotatable bonds is 11. The third kappa shape index (κ3) is 8.83. The molecular weight excluding hydrogens is 352 g/mol. The van der Waals surface area contributed by atoms with E-state index in [0.717, 1.165) is 38.0 Å². The van der Waals surface area contributed by atoms with E-state index in [0.29, 0.717) is 13.2 Å². The lowest BCUT2D eigenvalue weighted by molar-refractivity contribution is -0.161. The third-order valence-corrected chi connectivity index (χ3v) is 5.02. The van der Waals surface area contributed by atoms with E-state index in [1.54, 1.807) is 11.8 Å². The fourth-order valence-electron chi connectivity index (χ4n) is 2.63. The van der Waals surface area contributed by atoms with Gasteiger partial charge in [-0.3, -0.25) is 9.59 Å². The van der Waals surface area contributed by atoms with Gasteiger partial charge in [-0.2, -0.15) is 0 Å². The minimum atomic E-state index is -0.438. The van der Waals surface area contributed by atoms with Crippen LogP contribution >= 0.6 is 11.8 Å². The molecule has 1 heterocycles. The first-order valence-electron chi connectivity index (χ1n) is 9.23. The Balaban J connectivity index is 1.60. The maximum atomic E-state index is 11.3. The summed E-state index contributed by atoms with van der Waals surface area (Å²) < 4.78 is 16.4. The first-order chi connectivity index (χ1) is 12.6. The van der Waals surface area contributed by atoms with Crippen LogP contribution in [0.4, 0.5) is 0 Å². The number of carbonyl (C=O) groups excluding carboxylic acids is 2. The average molecular weight is 381 g/mol. The fourth-order valence-corrected chi connectivity index (χ4v) is 3.54. The molecule has 144 valence electrons. The highest BCUT2D eigenvalue weighted by molar-refractivity contribution is 7.99. The quantitative estimate of drug-likeness (QED) is 0.252. The minimum Gasteiger partial charge on any atom is -0.465 e. The number of esters is 1. The molecule has 1 aromatic rings. The lowest BCUT2D eigenvalue weighted by Crippen LogP contribution is -2.23. The van der Waals surface area contributed by atoms with E-state index in [-0.39, 0.29) is 18.5 Å². The normalized spacial score (nSPS) is 17.0. The summed E-state index contributed by atoms with van der Waals surface area (Å²) in [6, 6.07) is 8.43. The van der Waals surface area contributed by atoms with E-state index in [9.17, 15) is 9.59 Å². The number of hydrogen-bond acceptors (Lipinski definition) is 6. The van der Waals surface area contributed by atoms with Crippen LogP contribution in [0.3, 0.4) is 0 Å². The second-order valence-electron chi connectivity index (χ2n) is 6.37. The Morgan fingerprint density at radius 1 is 1.27 bits per heavy atom. The highest BCUT2D eigenvalue weighted by atomic mass is 32.2. The Bertz CT molecular complexity index is 569. The van der Waals surface area contributed by atoms with E-state index in [1.807, 2.05) is 0 Å². The number of ether oxygens (including phenoxy) is 3. The highest BCUT2D eigenvalue weighted by Crippen LogP contribution is 2.21. The Labute approximate surface area is 159 Å². The van der Waals surface area contributed by atoms with Crippen molar-refractivity contribution in [1.82, 2.24) is 0 Å².